The van der Waals surface area contributed by atoms with Crippen LogP contribution < -0.4 is 0 Å². The monoisotopic (exact) mass is 267 g/mol. The molecule has 1 aromatic heterocycles. The Morgan fingerprint density at radius 3 is 2.88 bits per heavy atom. The Kier molecular flexibility index (Phi) is 3.45. The highest BCUT2D eigenvalue weighted by atomic mass is 32.2. The first kappa shape index (κ1) is 11.7. The number of nitro benzene ring substituents is 1. The van der Waals surface area contributed by atoms with Gasteiger partial charge in [-0.3, -0.25) is 14.9 Å². The van der Waals surface area contributed by atoms with E-state index in [1.807, 2.05) is 0 Å². The fourth-order valence-corrected chi connectivity index (χ4v) is 2.63. The second-order valence-corrected chi connectivity index (χ2v) is 4.98. The van der Waals surface area contributed by atoms with Crippen molar-refractivity contribution in [1.29, 1.82) is 0 Å². The molecule has 1 heterocycles. The summed E-state index contributed by atoms with van der Waals surface area (Å²) >= 11 is 2.31. The first-order chi connectivity index (χ1) is 8.20. The molecule has 6 nitrogen and oxygen atoms in total. The number of nitrogens with zero attached hydrogens (tertiary/aromatic N) is 3. The largest absolute Gasteiger partial charge is 0.298 e. The van der Waals surface area contributed by atoms with Crippen LogP contribution in [0.4, 0.5) is 5.69 Å². The van der Waals surface area contributed by atoms with Gasteiger partial charge in [0.25, 0.3) is 5.69 Å². The molecule has 0 radical (unpaired) electrons. The zero-order valence-corrected chi connectivity index (χ0v) is 9.90. The van der Waals surface area contributed by atoms with E-state index >= 15 is 0 Å². The van der Waals surface area contributed by atoms with Crippen LogP contribution in [-0.4, -0.2) is 20.6 Å². The second-order valence-electron chi connectivity index (χ2n) is 2.91. The van der Waals surface area contributed by atoms with E-state index in [-0.39, 0.29) is 11.3 Å². The smallest absolute Gasteiger partial charge is 0.284 e. The van der Waals surface area contributed by atoms with Gasteiger partial charge in [0.05, 0.1) is 9.82 Å². The topological polar surface area (TPSA) is 86.0 Å². The number of carbonyl (C=O) groups excluding carboxylic acids is 1. The number of rotatable bonds is 4. The van der Waals surface area contributed by atoms with Crippen molar-refractivity contribution in [1.82, 2.24) is 9.36 Å². The molecule has 0 N–H and O–H groups in total. The molecule has 0 spiro atoms. The third-order valence-corrected chi connectivity index (χ3v) is 3.63. The Hall–Kier alpha value is -1.80. The molecule has 1 aromatic carbocycles. The molecule has 0 aliphatic heterocycles. The van der Waals surface area contributed by atoms with Gasteiger partial charge in [-0.15, -0.1) is 0 Å². The van der Waals surface area contributed by atoms with Crippen LogP contribution in [0.1, 0.15) is 10.4 Å². The third kappa shape index (κ3) is 2.66. The van der Waals surface area contributed by atoms with Gasteiger partial charge in [0.1, 0.15) is 12.6 Å². The SMILES string of the molecule is O=Cc1ccc(Sc2ncns2)c([N+](=O)[O-])c1. The zero-order chi connectivity index (χ0) is 12.3. The maximum atomic E-state index is 10.9. The minimum atomic E-state index is -0.517. The molecule has 8 heteroatoms. The van der Waals surface area contributed by atoms with Crippen LogP contribution in [-0.2, 0) is 0 Å². The average molecular weight is 267 g/mol. The maximum absolute atomic E-state index is 10.9. The molecule has 17 heavy (non-hydrogen) atoms. The van der Waals surface area contributed by atoms with E-state index < -0.39 is 4.92 Å². The highest BCUT2D eigenvalue weighted by Gasteiger charge is 2.16. The Bertz CT molecular complexity index is 557. The fraction of sp³-hybridized carbons (Fsp3) is 0. The highest BCUT2D eigenvalue weighted by molar-refractivity contribution is 8.01. The van der Waals surface area contributed by atoms with Gasteiger partial charge in [-0.2, -0.15) is 4.37 Å². The van der Waals surface area contributed by atoms with Crippen molar-refractivity contribution in [2.24, 2.45) is 0 Å². The molecule has 0 aliphatic carbocycles. The van der Waals surface area contributed by atoms with Crippen molar-refractivity contribution in [3.05, 3.63) is 40.2 Å². The number of nitro groups is 1. The number of aldehydes is 1. The van der Waals surface area contributed by atoms with Crippen molar-refractivity contribution in [2.45, 2.75) is 9.24 Å². The molecule has 0 fully saturated rings. The molecular weight excluding hydrogens is 262 g/mol. The van der Waals surface area contributed by atoms with Crippen LogP contribution in [0.25, 0.3) is 0 Å². The summed E-state index contributed by atoms with van der Waals surface area (Å²) in [5.74, 6) is 0. The summed E-state index contributed by atoms with van der Waals surface area (Å²) in [5, 5.41) is 10.9. The molecule has 0 saturated heterocycles. The van der Waals surface area contributed by atoms with Crippen LogP contribution in [0.15, 0.2) is 33.8 Å². The van der Waals surface area contributed by atoms with E-state index in [0.717, 1.165) is 23.3 Å². The van der Waals surface area contributed by atoms with Gasteiger partial charge >= 0.3 is 0 Å². The number of hydrogen-bond acceptors (Lipinski definition) is 7. The lowest BCUT2D eigenvalue weighted by atomic mass is 10.2. The standard InChI is InChI=1S/C9H5N3O3S2/c13-4-6-1-2-8(7(3-6)12(14)15)16-9-10-5-11-17-9/h1-5H. The molecule has 0 saturated carbocycles. The van der Waals surface area contributed by atoms with Gasteiger partial charge in [-0.05, 0) is 17.6 Å². The fourth-order valence-electron chi connectivity index (χ4n) is 1.14. The lowest BCUT2D eigenvalue weighted by Crippen LogP contribution is -1.92. The molecule has 2 rings (SSSR count). The van der Waals surface area contributed by atoms with Crippen molar-refractivity contribution in [3.63, 3.8) is 0 Å². The van der Waals surface area contributed by atoms with Crippen molar-refractivity contribution in [2.75, 3.05) is 0 Å². The van der Waals surface area contributed by atoms with Crippen molar-refractivity contribution >= 4 is 35.3 Å². The van der Waals surface area contributed by atoms with Crippen LogP contribution in [0.3, 0.4) is 0 Å². The van der Waals surface area contributed by atoms with Gasteiger partial charge < -0.3 is 0 Å². The van der Waals surface area contributed by atoms with Gasteiger partial charge in [0, 0.05) is 11.6 Å². The van der Waals surface area contributed by atoms with Crippen LogP contribution in [0, 0.1) is 10.1 Å². The Morgan fingerprint density at radius 1 is 1.47 bits per heavy atom. The minimum absolute atomic E-state index is 0.102. The predicted molar refractivity (Wildman–Crippen MR) is 62.5 cm³/mol. The summed E-state index contributed by atoms with van der Waals surface area (Å²) in [6, 6.07) is 4.31. The summed E-state index contributed by atoms with van der Waals surface area (Å²) in [6.07, 6.45) is 1.96. The lowest BCUT2D eigenvalue weighted by Gasteiger charge is -2.00. The van der Waals surface area contributed by atoms with E-state index in [1.165, 1.54) is 24.5 Å². The van der Waals surface area contributed by atoms with E-state index in [2.05, 4.69) is 9.36 Å². The van der Waals surface area contributed by atoms with Gasteiger partial charge in [0.2, 0.25) is 0 Å². The van der Waals surface area contributed by atoms with Gasteiger partial charge in [-0.1, -0.05) is 17.8 Å². The van der Waals surface area contributed by atoms with Gasteiger partial charge in [-0.25, -0.2) is 4.98 Å². The molecule has 0 unspecified atom stereocenters. The molecule has 86 valence electrons. The van der Waals surface area contributed by atoms with E-state index in [4.69, 9.17) is 0 Å². The molecule has 0 atom stereocenters. The van der Waals surface area contributed by atoms with Crippen molar-refractivity contribution < 1.29 is 9.72 Å². The van der Waals surface area contributed by atoms with E-state index in [1.54, 1.807) is 0 Å². The summed E-state index contributed by atoms with van der Waals surface area (Å²) in [6.45, 7) is 0. The third-order valence-electron chi connectivity index (χ3n) is 1.85. The van der Waals surface area contributed by atoms with E-state index in [9.17, 15) is 14.9 Å². The molecule has 0 bridgehead atoms. The van der Waals surface area contributed by atoms with Crippen LogP contribution >= 0.6 is 23.3 Å². The highest BCUT2D eigenvalue weighted by Crippen LogP contribution is 2.35. The summed E-state index contributed by atoms with van der Waals surface area (Å²) in [4.78, 5) is 25.3. The summed E-state index contributed by atoms with van der Waals surface area (Å²) < 4.78 is 4.43. The second kappa shape index (κ2) is 5.02. The van der Waals surface area contributed by atoms with E-state index in [0.29, 0.717) is 15.5 Å². The van der Waals surface area contributed by atoms with Crippen molar-refractivity contribution in [3.8, 4) is 0 Å². The minimum Gasteiger partial charge on any atom is -0.298 e. The number of aromatic nitrogens is 2. The molecular formula is C9H5N3O3S2. The van der Waals surface area contributed by atoms with Gasteiger partial charge in [0.15, 0.2) is 4.34 Å². The Morgan fingerprint density at radius 2 is 2.29 bits per heavy atom. The lowest BCUT2D eigenvalue weighted by molar-refractivity contribution is -0.387. The summed E-state index contributed by atoms with van der Waals surface area (Å²) in [5.41, 5.74) is 0.174. The number of benzene rings is 1. The predicted octanol–water partition coefficient (Wildman–Crippen LogP) is 2.41. The molecule has 2 aromatic rings. The molecule has 0 aliphatic rings. The first-order valence-electron chi connectivity index (χ1n) is 4.39. The summed E-state index contributed by atoms with van der Waals surface area (Å²) in [7, 11) is 0. The average Bonchev–Trinajstić information content (AvgIpc) is 2.82. The maximum Gasteiger partial charge on any atom is 0.284 e. The van der Waals surface area contributed by atoms with Crippen LogP contribution in [0.5, 0.6) is 0 Å². The quantitative estimate of drug-likeness (QED) is 0.480. The van der Waals surface area contributed by atoms with Crippen LogP contribution in [0.2, 0.25) is 0 Å². The Balaban J connectivity index is 2.39. The number of carbonyl (C=O) groups is 1. The zero-order valence-electron chi connectivity index (χ0n) is 8.27. The normalized spacial score (nSPS) is 10.1. The number of hydrogen-bond donors (Lipinski definition) is 0. The molecule has 0 amide bonds. The first-order valence-corrected chi connectivity index (χ1v) is 5.98. The Labute approximate surface area is 104 Å².